The Labute approximate surface area is 231 Å². The lowest BCUT2D eigenvalue weighted by Gasteiger charge is -2.27. The predicted octanol–water partition coefficient (Wildman–Crippen LogP) is 5.85. The van der Waals surface area contributed by atoms with Crippen LogP contribution in [0, 0.1) is 6.92 Å². The Morgan fingerprint density at radius 2 is 1.64 bits per heavy atom. The fourth-order valence-electron chi connectivity index (χ4n) is 4.76. The molecule has 0 radical (unpaired) electrons. The van der Waals surface area contributed by atoms with E-state index in [2.05, 4.69) is 26.8 Å². The lowest BCUT2D eigenvalue weighted by Crippen LogP contribution is -2.35. The largest absolute Gasteiger partial charge is 0.507 e. The Balaban J connectivity index is 1.66. The van der Waals surface area contributed by atoms with Gasteiger partial charge >= 0.3 is 0 Å². The molecule has 1 aliphatic heterocycles. The number of hydrogen-bond acceptors (Lipinski definition) is 5. The van der Waals surface area contributed by atoms with Crippen LogP contribution in [-0.4, -0.2) is 53.8 Å². The van der Waals surface area contributed by atoms with E-state index < -0.39 is 17.7 Å². The molecular weight excluding hydrogens is 488 g/mol. The van der Waals surface area contributed by atoms with Gasteiger partial charge in [0.2, 0.25) is 0 Å². The van der Waals surface area contributed by atoms with Crippen molar-refractivity contribution in [3.63, 3.8) is 0 Å². The van der Waals surface area contributed by atoms with Gasteiger partial charge in [0.1, 0.15) is 18.1 Å². The first-order valence-electron chi connectivity index (χ1n) is 13.3. The SMILES string of the molecule is Cc1cccc(COc2ccc(C(O)=C3C(=O)C(=O)N(CCN(C)C)C3c3ccc(C(C)(C)C)cc3)cc2)c1. The molecule has 0 aliphatic carbocycles. The summed E-state index contributed by atoms with van der Waals surface area (Å²) < 4.78 is 5.91. The van der Waals surface area contributed by atoms with Crippen LogP contribution in [0.3, 0.4) is 0 Å². The number of carbonyl (C=O) groups is 2. The monoisotopic (exact) mass is 526 g/mol. The molecule has 0 bridgehead atoms. The van der Waals surface area contributed by atoms with Crippen molar-refractivity contribution >= 4 is 17.4 Å². The lowest BCUT2D eigenvalue weighted by molar-refractivity contribution is -0.140. The highest BCUT2D eigenvalue weighted by Gasteiger charge is 2.45. The summed E-state index contributed by atoms with van der Waals surface area (Å²) in [4.78, 5) is 30.0. The van der Waals surface area contributed by atoms with Crippen LogP contribution in [0.4, 0.5) is 0 Å². The number of aliphatic hydroxyl groups excluding tert-OH is 1. The van der Waals surface area contributed by atoms with Crippen molar-refractivity contribution < 1.29 is 19.4 Å². The third-order valence-corrected chi connectivity index (χ3v) is 7.04. The highest BCUT2D eigenvalue weighted by Crippen LogP contribution is 2.40. The molecule has 39 heavy (non-hydrogen) atoms. The van der Waals surface area contributed by atoms with Crippen molar-refractivity contribution in [2.75, 3.05) is 27.2 Å². The third-order valence-electron chi connectivity index (χ3n) is 7.04. The molecule has 3 aromatic carbocycles. The van der Waals surface area contributed by atoms with Crippen LogP contribution in [-0.2, 0) is 21.6 Å². The molecule has 204 valence electrons. The zero-order chi connectivity index (χ0) is 28.3. The molecule has 1 unspecified atom stereocenters. The highest BCUT2D eigenvalue weighted by molar-refractivity contribution is 6.46. The second-order valence-electron chi connectivity index (χ2n) is 11.5. The van der Waals surface area contributed by atoms with Crippen LogP contribution in [0.5, 0.6) is 5.75 Å². The second-order valence-corrected chi connectivity index (χ2v) is 11.5. The summed E-state index contributed by atoms with van der Waals surface area (Å²) in [5, 5.41) is 11.4. The smallest absolute Gasteiger partial charge is 0.295 e. The number of benzene rings is 3. The molecule has 6 nitrogen and oxygen atoms in total. The van der Waals surface area contributed by atoms with Crippen molar-refractivity contribution in [3.05, 3.63) is 106 Å². The molecule has 1 amide bonds. The van der Waals surface area contributed by atoms with Gasteiger partial charge < -0.3 is 19.6 Å². The fourth-order valence-corrected chi connectivity index (χ4v) is 4.76. The number of likely N-dealkylation sites (N-methyl/N-ethyl adjacent to an activating group) is 1. The van der Waals surface area contributed by atoms with Crippen molar-refractivity contribution in [3.8, 4) is 5.75 Å². The number of hydrogen-bond donors (Lipinski definition) is 1. The van der Waals surface area contributed by atoms with E-state index in [-0.39, 0.29) is 16.7 Å². The van der Waals surface area contributed by atoms with Crippen LogP contribution in [0.15, 0.2) is 78.4 Å². The average molecular weight is 527 g/mol. The first-order chi connectivity index (χ1) is 18.5. The third kappa shape index (κ3) is 6.40. The molecule has 4 rings (SSSR count). The molecule has 3 aromatic rings. The molecule has 1 fully saturated rings. The molecule has 0 spiro atoms. The van der Waals surface area contributed by atoms with Gasteiger partial charge in [0.25, 0.3) is 11.7 Å². The topological polar surface area (TPSA) is 70.1 Å². The minimum absolute atomic E-state index is 0.0333. The van der Waals surface area contributed by atoms with E-state index >= 15 is 0 Å². The maximum Gasteiger partial charge on any atom is 0.295 e. The van der Waals surface area contributed by atoms with Gasteiger partial charge in [0.05, 0.1) is 11.6 Å². The fraction of sp³-hybridized carbons (Fsp3) is 0.333. The Morgan fingerprint density at radius 1 is 0.974 bits per heavy atom. The van der Waals surface area contributed by atoms with Gasteiger partial charge in [0, 0.05) is 18.7 Å². The van der Waals surface area contributed by atoms with Crippen molar-refractivity contribution in [1.29, 1.82) is 0 Å². The molecule has 1 aliphatic rings. The number of aliphatic hydroxyl groups is 1. The Kier molecular flexibility index (Phi) is 8.26. The van der Waals surface area contributed by atoms with Gasteiger partial charge in [-0.05, 0) is 67.4 Å². The van der Waals surface area contributed by atoms with Gasteiger partial charge in [0.15, 0.2) is 0 Å². The van der Waals surface area contributed by atoms with Crippen LogP contribution in [0.25, 0.3) is 5.76 Å². The van der Waals surface area contributed by atoms with E-state index in [1.807, 2.05) is 68.4 Å². The Morgan fingerprint density at radius 3 is 2.23 bits per heavy atom. The van der Waals surface area contributed by atoms with Crippen molar-refractivity contribution in [1.82, 2.24) is 9.80 Å². The quantitative estimate of drug-likeness (QED) is 0.226. The van der Waals surface area contributed by atoms with Crippen molar-refractivity contribution in [2.24, 2.45) is 0 Å². The molecule has 6 heteroatoms. The number of aryl methyl sites for hydroxylation is 1. The minimum Gasteiger partial charge on any atom is -0.507 e. The van der Waals surface area contributed by atoms with Crippen LogP contribution >= 0.6 is 0 Å². The zero-order valence-corrected chi connectivity index (χ0v) is 23.7. The van der Waals surface area contributed by atoms with E-state index in [4.69, 9.17) is 4.74 Å². The van der Waals surface area contributed by atoms with Gasteiger partial charge in [-0.2, -0.15) is 0 Å². The highest BCUT2D eigenvalue weighted by atomic mass is 16.5. The van der Waals surface area contributed by atoms with Gasteiger partial charge in [-0.15, -0.1) is 0 Å². The number of carbonyl (C=O) groups excluding carboxylic acids is 2. The van der Waals surface area contributed by atoms with Crippen LogP contribution < -0.4 is 4.74 Å². The molecule has 0 saturated carbocycles. The van der Waals surface area contributed by atoms with E-state index in [9.17, 15) is 14.7 Å². The van der Waals surface area contributed by atoms with E-state index in [1.165, 1.54) is 5.56 Å². The van der Waals surface area contributed by atoms with Gasteiger partial charge in [-0.1, -0.05) is 74.9 Å². The first-order valence-corrected chi connectivity index (χ1v) is 13.3. The number of ketones is 1. The second kappa shape index (κ2) is 11.5. The lowest BCUT2D eigenvalue weighted by atomic mass is 9.85. The summed E-state index contributed by atoms with van der Waals surface area (Å²) in [5.41, 5.74) is 4.71. The summed E-state index contributed by atoms with van der Waals surface area (Å²) in [6, 6.07) is 22.4. The number of rotatable bonds is 8. The van der Waals surface area contributed by atoms with E-state index in [0.717, 1.165) is 16.7 Å². The summed E-state index contributed by atoms with van der Waals surface area (Å²) >= 11 is 0. The van der Waals surface area contributed by atoms with Crippen LogP contribution in [0.2, 0.25) is 0 Å². The Hall–Kier alpha value is -3.90. The number of likely N-dealkylation sites (tertiary alicyclic amines) is 1. The zero-order valence-electron chi connectivity index (χ0n) is 23.7. The molecule has 1 heterocycles. The maximum absolute atomic E-state index is 13.3. The number of ether oxygens (including phenoxy) is 1. The van der Waals surface area contributed by atoms with E-state index in [0.29, 0.717) is 31.0 Å². The Bertz CT molecular complexity index is 1370. The molecule has 1 saturated heterocycles. The molecule has 1 atom stereocenters. The average Bonchev–Trinajstić information content (AvgIpc) is 3.15. The predicted molar refractivity (Wildman–Crippen MR) is 155 cm³/mol. The minimum atomic E-state index is -0.670. The number of amides is 1. The normalized spacial score (nSPS) is 17.2. The van der Waals surface area contributed by atoms with E-state index in [1.54, 1.807) is 29.2 Å². The van der Waals surface area contributed by atoms with Crippen LogP contribution in [0.1, 0.15) is 54.6 Å². The summed E-state index contributed by atoms with van der Waals surface area (Å²) in [6.07, 6.45) is 0. The molecule has 0 aromatic heterocycles. The summed E-state index contributed by atoms with van der Waals surface area (Å²) in [6.45, 7) is 9.84. The van der Waals surface area contributed by atoms with Crippen molar-refractivity contribution in [2.45, 2.75) is 45.8 Å². The number of nitrogens with zero attached hydrogens (tertiary/aromatic N) is 2. The summed E-state index contributed by atoms with van der Waals surface area (Å²) in [5.74, 6) is -0.804. The van der Waals surface area contributed by atoms with Gasteiger partial charge in [-0.25, -0.2) is 0 Å². The maximum atomic E-state index is 13.3. The molecular formula is C33H38N2O4. The standard InChI is InChI=1S/C33H38N2O4/c1-22-8-7-9-23(20-22)21-39-27-16-12-25(13-17-27)30(36)28-29(24-10-14-26(15-11-24)33(2,3)4)35(19-18-34(5)6)32(38)31(28)37/h7-17,20,29,36H,18-19,21H2,1-6H3. The summed E-state index contributed by atoms with van der Waals surface area (Å²) in [7, 11) is 3.85. The molecule has 1 N–H and O–H groups in total. The van der Waals surface area contributed by atoms with Gasteiger partial charge in [-0.3, -0.25) is 9.59 Å². The number of Topliss-reactive ketones (excluding diaryl/α,β-unsaturated/α-hetero) is 1. The first kappa shape index (κ1) is 28.1.